The first-order chi connectivity index (χ1) is 6.84. The summed E-state index contributed by atoms with van der Waals surface area (Å²) in [5.41, 5.74) is 1.07. The summed E-state index contributed by atoms with van der Waals surface area (Å²) in [5.74, 6) is 0. The van der Waals surface area contributed by atoms with E-state index in [-0.39, 0.29) is 6.10 Å². The Bertz CT molecular complexity index is 269. The minimum Gasteiger partial charge on any atom is -0.373 e. The first-order valence-corrected chi connectivity index (χ1v) is 4.80. The highest BCUT2D eigenvalue weighted by atomic mass is 16.6. The summed E-state index contributed by atoms with van der Waals surface area (Å²) in [6.07, 6.45) is 0.0794. The van der Waals surface area contributed by atoms with Gasteiger partial charge in [-0.2, -0.15) is 0 Å². The second-order valence-electron chi connectivity index (χ2n) is 3.44. The molecule has 1 aromatic carbocycles. The molecule has 14 heavy (non-hydrogen) atoms. The van der Waals surface area contributed by atoms with E-state index in [2.05, 4.69) is 0 Å². The Balaban J connectivity index is 1.70. The van der Waals surface area contributed by atoms with Gasteiger partial charge in [-0.25, -0.2) is 0 Å². The van der Waals surface area contributed by atoms with Gasteiger partial charge >= 0.3 is 0 Å². The Labute approximate surface area is 83.3 Å². The highest BCUT2D eigenvalue weighted by molar-refractivity contribution is 5.13. The lowest BCUT2D eigenvalue weighted by Crippen LogP contribution is -2.14. The topological polar surface area (TPSA) is 42.0 Å². The van der Waals surface area contributed by atoms with Gasteiger partial charge in [-0.1, -0.05) is 30.3 Å². The fraction of sp³-hybridized carbons (Fsp3) is 0.455. The standard InChI is InChI=1S/C11H14O3/c12-11(6-10-8-13-10)14-7-9-4-2-1-3-5-9/h1-5,10-12H,6-8H2. The second kappa shape index (κ2) is 4.55. The number of hydrogen-bond acceptors (Lipinski definition) is 3. The first kappa shape index (κ1) is 9.65. The van der Waals surface area contributed by atoms with Gasteiger partial charge in [0.1, 0.15) is 0 Å². The van der Waals surface area contributed by atoms with Gasteiger partial charge in [-0.15, -0.1) is 0 Å². The van der Waals surface area contributed by atoms with E-state index in [9.17, 15) is 5.11 Å². The maximum atomic E-state index is 9.42. The molecule has 3 heteroatoms. The number of ether oxygens (including phenoxy) is 2. The molecule has 0 aromatic heterocycles. The van der Waals surface area contributed by atoms with Crippen LogP contribution in [0.5, 0.6) is 0 Å². The largest absolute Gasteiger partial charge is 0.373 e. The molecule has 0 amide bonds. The van der Waals surface area contributed by atoms with Crippen molar-refractivity contribution in [3.8, 4) is 0 Å². The van der Waals surface area contributed by atoms with Crippen LogP contribution in [0.3, 0.4) is 0 Å². The number of rotatable bonds is 5. The molecule has 0 radical (unpaired) electrons. The third-order valence-corrected chi connectivity index (χ3v) is 2.15. The molecule has 0 spiro atoms. The van der Waals surface area contributed by atoms with E-state index in [0.717, 1.165) is 12.2 Å². The molecule has 3 nitrogen and oxygen atoms in total. The second-order valence-corrected chi connectivity index (χ2v) is 3.44. The minimum atomic E-state index is -0.706. The van der Waals surface area contributed by atoms with Gasteiger partial charge in [0.2, 0.25) is 0 Å². The van der Waals surface area contributed by atoms with Gasteiger partial charge in [0.25, 0.3) is 0 Å². The molecule has 1 aromatic rings. The fourth-order valence-corrected chi connectivity index (χ4v) is 1.26. The Morgan fingerprint density at radius 3 is 2.79 bits per heavy atom. The van der Waals surface area contributed by atoms with E-state index in [0.29, 0.717) is 13.0 Å². The summed E-state index contributed by atoms with van der Waals surface area (Å²) in [7, 11) is 0. The van der Waals surface area contributed by atoms with Crippen LogP contribution in [0.4, 0.5) is 0 Å². The lowest BCUT2D eigenvalue weighted by Gasteiger charge is -2.10. The van der Waals surface area contributed by atoms with Crippen molar-refractivity contribution in [1.82, 2.24) is 0 Å². The number of aliphatic hydroxyl groups excluding tert-OH is 1. The molecule has 2 atom stereocenters. The summed E-state index contributed by atoms with van der Waals surface area (Å²) < 4.78 is 10.2. The van der Waals surface area contributed by atoms with E-state index >= 15 is 0 Å². The van der Waals surface area contributed by atoms with Gasteiger partial charge in [-0.05, 0) is 5.56 Å². The van der Waals surface area contributed by atoms with Gasteiger partial charge in [0, 0.05) is 6.42 Å². The fourth-order valence-electron chi connectivity index (χ4n) is 1.26. The summed E-state index contributed by atoms with van der Waals surface area (Å²) in [6, 6.07) is 9.81. The molecule has 1 N–H and O–H groups in total. The smallest absolute Gasteiger partial charge is 0.157 e. The Morgan fingerprint density at radius 1 is 1.43 bits per heavy atom. The predicted octanol–water partition coefficient (Wildman–Crippen LogP) is 1.31. The predicted molar refractivity (Wildman–Crippen MR) is 51.6 cm³/mol. The zero-order chi connectivity index (χ0) is 9.80. The van der Waals surface area contributed by atoms with Crippen molar-refractivity contribution in [2.75, 3.05) is 6.61 Å². The monoisotopic (exact) mass is 194 g/mol. The summed E-state index contributed by atoms with van der Waals surface area (Å²) in [6.45, 7) is 1.21. The van der Waals surface area contributed by atoms with Crippen LogP contribution in [0.1, 0.15) is 12.0 Å². The van der Waals surface area contributed by atoms with Gasteiger partial charge in [0.15, 0.2) is 6.29 Å². The van der Waals surface area contributed by atoms with Crippen LogP contribution < -0.4 is 0 Å². The Kier molecular flexibility index (Phi) is 3.14. The molecule has 0 saturated carbocycles. The third kappa shape index (κ3) is 3.10. The molecule has 76 valence electrons. The average molecular weight is 194 g/mol. The van der Waals surface area contributed by atoms with Crippen molar-refractivity contribution in [3.05, 3.63) is 35.9 Å². The molecular formula is C11H14O3. The molecule has 1 aliphatic heterocycles. The van der Waals surface area contributed by atoms with Crippen molar-refractivity contribution in [1.29, 1.82) is 0 Å². The van der Waals surface area contributed by atoms with Crippen molar-refractivity contribution in [2.45, 2.75) is 25.4 Å². The molecular weight excluding hydrogens is 180 g/mol. The average Bonchev–Trinajstić information content (AvgIpc) is 3.00. The SMILES string of the molecule is OC(CC1CO1)OCc1ccccc1. The molecule has 0 aliphatic carbocycles. The quantitative estimate of drug-likeness (QED) is 0.567. The molecule has 1 heterocycles. The van der Waals surface area contributed by atoms with Crippen LogP contribution >= 0.6 is 0 Å². The van der Waals surface area contributed by atoms with E-state index in [4.69, 9.17) is 9.47 Å². The van der Waals surface area contributed by atoms with Crippen LogP contribution in [0, 0.1) is 0 Å². The van der Waals surface area contributed by atoms with E-state index in [1.165, 1.54) is 0 Å². The van der Waals surface area contributed by atoms with E-state index < -0.39 is 6.29 Å². The number of epoxide rings is 1. The molecule has 1 fully saturated rings. The number of benzene rings is 1. The van der Waals surface area contributed by atoms with Crippen LogP contribution in [0.2, 0.25) is 0 Å². The van der Waals surface area contributed by atoms with E-state index in [1.807, 2.05) is 30.3 Å². The van der Waals surface area contributed by atoms with Crippen molar-refractivity contribution in [2.24, 2.45) is 0 Å². The maximum absolute atomic E-state index is 9.42. The van der Waals surface area contributed by atoms with Gasteiger partial charge in [-0.3, -0.25) is 0 Å². The number of hydrogen-bond donors (Lipinski definition) is 1. The summed E-state index contributed by atoms with van der Waals surface area (Å²) >= 11 is 0. The Hall–Kier alpha value is -0.900. The highest BCUT2D eigenvalue weighted by Crippen LogP contribution is 2.16. The maximum Gasteiger partial charge on any atom is 0.157 e. The normalized spacial score (nSPS) is 21.9. The molecule has 1 aliphatic rings. The molecule has 1 saturated heterocycles. The van der Waals surface area contributed by atoms with Crippen molar-refractivity contribution < 1.29 is 14.6 Å². The zero-order valence-electron chi connectivity index (χ0n) is 7.93. The zero-order valence-corrected chi connectivity index (χ0v) is 7.93. The minimum absolute atomic E-state index is 0.209. The first-order valence-electron chi connectivity index (χ1n) is 4.80. The van der Waals surface area contributed by atoms with Crippen LogP contribution in [-0.2, 0) is 16.1 Å². The van der Waals surface area contributed by atoms with Gasteiger partial charge in [0.05, 0.1) is 19.3 Å². The van der Waals surface area contributed by atoms with Crippen molar-refractivity contribution >= 4 is 0 Å². The van der Waals surface area contributed by atoms with Crippen LogP contribution in [0.25, 0.3) is 0 Å². The Morgan fingerprint density at radius 2 is 2.14 bits per heavy atom. The highest BCUT2D eigenvalue weighted by Gasteiger charge is 2.25. The van der Waals surface area contributed by atoms with Crippen molar-refractivity contribution in [3.63, 3.8) is 0 Å². The van der Waals surface area contributed by atoms with Gasteiger partial charge < -0.3 is 14.6 Å². The summed E-state index contributed by atoms with van der Waals surface area (Å²) in [5, 5.41) is 9.42. The third-order valence-electron chi connectivity index (χ3n) is 2.15. The summed E-state index contributed by atoms with van der Waals surface area (Å²) in [4.78, 5) is 0. The van der Waals surface area contributed by atoms with Crippen LogP contribution in [0.15, 0.2) is 30.3 Å². The molecule has 2 unspecified atom stereocenters. The molecule has 2 rings (SSSR count). The van der Waals surface area contributed by atoms with E-state index in [1.54, 1.807) is 0 Å². The lowest BCUT2D eigenvalue weighted by atomic mass is 10.2. The molecule has 0 bridgehead atoms. The lowest BCUT2D eigenvalue weighted by molar-refractivity contribution is -0.114. The van der Waals surface area contributed by atoms with Crippen LogP contribution in [-0.4, -0.2) is 24.1 Å². The number of aliphatic hydroxyl groups is 1.